The fourth-order valence-electron chi connectivity index (χ4n) is 2.59. The lowest BCUT2D eigenvalue weighted by Gasteiger charge is -2.17. The quantitative estimate of drug-likeness (QED) is 0.771. The van der Waals surface area contributed by atoms with E-state index in [1.807, 2.05) is 41.8 Å². The fraction of sp³-hybridized carbons (Fsp3) is 0.158. The van der Waals surface area contributed by atoms with Crippen LogP contribution in [0.3, 0.4) is 0 Å². The van der Waals surface area contributed by atoms with Crippen molar-refractivity contribution in [2.45, 2.75) is 13.5 Å². The van der Waals surface area contributed by atoms with Crippen LogP contribution in [0.5, 0.6) is 0 Å². The minimum atomic E-state index is -0.490. The molecule has 130 valence electrons. The monoisotopic (exact) mass is 364 g/mol. The molecule has 0 atom stereocenters. The molecule has 0 unspecified atom stereocenters. The Balaban J connectivity index is 1.80. The number of carbonyl (C=O) groups is 1. The van der Waals surface area contributed by atoms with Crippen LogP contribution in [0, 0.1) is 18.3 Å². The number of aromatic amines is 1. The van der Waals surface area contributed by atoms with Gasteiger partial charge >= 0.3 is 0 Å². The highest BCUT2D eigenvalue weighted by molar-refractivity contribution is 7.13. The smallest absolute Gasteiger partial charge is 0.266 e. The van der Waals surface area contributed by atoms with Crippen LogP contribution in [0.4, 0.5) is 0 Å². The second-order valence-electron chi connectivity index (χ2n) is 5.81. The number of hydrogen-bond acceptors (Lipinski definition) is 5. The van der Waals surface area contributed by atoms with Gasteiger partial charge in [0.05, 0.1) is 17.8 Å². The van der Waals surface area contributed by atoms with E-state index in [1.165, 1.54) is 22.4 Å². The topological polar surface area (TPSA) is 89.8 Å². The van der Waals surface area contributed by atoms with Crippen molar-refractivity contribution in [3.05, 3.63) is 74.6 Å². The first kappa shape index (κ1) is 17.6. The lowest BCUT2D eigenvalue weighted by Crippen LogP contribution is -2.28. The van der Waals surface area contributed by atoms with Crippen molar-refractivity contribution < 1.29 is 4.79 Å². The Bertz CT molecular complexity index is 1050. The summed E-state index contributed by atoms with van der Waals surface area (Å²) in [5.74, 6) is -0.274. The number of nitriles is 1. The van der Waals surface area contributed by atoms with Crippen molar-refractivity contribution >= 4 is 17.2 Å². The first-order valence-electron chi connectivity index (χ1n) is 7.89. The standard InChI is InChI=1S/C19H16N4O2S/c1-12-15(8-20)17(24)21-9-16(12)19(25)23(2)10-14-11-26-18(22-14)13-6-4-3-5-7-13/h3-7,9,11H,10H2,1-2H3,(H,21,24). The maximum absolute atomic E-state index is 12.7. The number of H-pyrrole nitrogens is 1. The van der Waals surface area contributed by atoms with Crippen molar-refractivity contribution in [1.29, 1.82) is 5.26 Å². The Morgan fingerprint density at radius 3 is 2.77 bits per heavy atom. The van der Waals surface area contributed by atoms with Crippen molar-refractivity contribution in [3.8, 4) is 16.6 Å². The van der Waals surface area contributed by atoms with E-state index in [2.05, 4.69) is 9.97 Å². The summed E-state index contributed by atoms with van der Waals surface area (Å²) in [6.45, 7) is 1.94. The van der Waals surface area contributed by atoms with E-state index in [0.29, 0.717) is 17.7 Å². The van der Waals surface area contributed by atoms with E-state index in [1.54, 1.807) is 14.0 Å². The Labute approximate surface area is 154 Å². The molecule has 0 saturated heterocycles. The molecule has 1 amide bonds. The predicted octanol–water partition coefficient (Wildman–Crippen LogP) is 2.95. The van der Waals surface area contributed by atoms with Crippen LogP contribution in [-0.2, 0) is 6.54 Å². The molecule has 2 aromatic heterocycles. The summed E-state index contributed by atoms with van der Waals surface area (Å²) in [7, 11) is 1.67. The van der Waals surface area contributed by atoms with Gasteiger partial charge in [-0.3, -0.25) is 9.59 Å². The van der Waals surface area contributed by atoms with E-state index < -0.39 is 5.56 Å². The zero-order valence-corrected chi connectivity index (χ0v) is 15.1. The van der Waals surface area contributed by atoms with Gasteiger partial charge in [0.1, 0.15) is 16.6 Å². The molecule has 1 N–H and O–H groups in total. The van der Waals surface area contributed by atoms with Crippen LogP contribution in [0.2, 0.25) is 0 Å². The van der Waals surface area contributed by atoms with Gasteiger partial charge in [-0.1, -0.05) is 30.3 Å². The van der Waals surface area contributed by atoms with Gasteiger partial charge in [0.2, 0.25) is 0 Å². The van der Waals surface area contributed by atoms with Gasteiger partial charge in [0.15, 0.2) is 0 Å². The number of nitrogens with zero attached hydrogens (tertiary/aromatic N) is 3. The van der Waals surface area contributed by atoms with Crippen molar-refractivity contribution in [2.75, 3.05) is 7.05 Å². The molecule has 3 aromatic rings. The molecule has 0 radical (unpaired) electrons. The molecular weight excluding hydrogens is 348 g/mol. The van der Waals surface area contributed by atoms with Crippen LogP contribution < -0.4 is 5.56 Å². The minimum Gasteiger partial charge on any atom is -0.336 e. The molecule has 0 fully saturated rings. The molecule has 3 rings (SSSR count). The number of thiazole rings is 1. The number of rotatable bonds is 4. The first-order valence-corrected chi connectivity index (χ1v) is 8.77. The third-order valence-corrected chi connectivity index (χ3v) is 4.95. The average Bonchev–Trinajstić information content (AvgIpc) is 3.11. The highest BCUT2D eigenvalue weighted by Gasteiger charge is 2.19. The second kappa shape index (κ2) is 7.33. The highest BCUT2D eigenvalue weighted by atomic mass is 32.1. The first-order chi connectivity index (χ1) is 12.5. The summed E-state index contributed by atoms with van der Waals surface area (Å²) in [4.78, 5) is 32.9. The summed E-state index contributed by atoms with van der Waals surface area (Å²) in [5, 5.41) is 11.9. The molecule has 0 aliphatic heterocycles. The summed E-state index contributed by atoms with van der Waals surface area (Å²) in [5.41, 5.74) is 1.99. The Kier molecular flexibility index (Phi) is 4.96. The molecule has 0 aliphatic rings. The number of amides is 1. The molecule has 1 aromatic carbocycles. The third kappa shape index (κ3) is 3.41. The molecule has 26 heavy (non-hydrogen) atoms. The molecule has 0 spiro atoms. The number of hydrogen-bond donors (Lipinski definition) is 1. The molecule has 7 heteroatoms. The van der Waals surface area contributed by atoms with Crippen LogP contribution >= 0.6 is 11.3 Å². The Morgan fingerprint density at radius 1 is 1.35 bits per heavy atom. The van der Waals surface area contributed by atoms with E-state index >= 15 is 0 Å². The van der Waals surface area contributed by atoms with Gasteiger partial charge in [-0.25, -0.2) is 4.98 Å². The predicted molar refractivity (Wildman–Crippen MR) is 99.9 cm³/mol. The number of pyridine rings is 1. The maximum atomic E-state index is 12.7. The lowest BCUT2D eigenvalue weighted by atomic mass is 10.1. The molecule has 6 nitrogen and oxygen atoms in total. The SMILES string of the molecule is Cc1c(C(=O)N(C)Cc2csc(-c3ccccc3)n2)c[nH]c(=O)c1C#N. The zero-order chi connectivity index (χ0) is 18.7. The second-order valence-corrected chi connectivity index (χ2v) is 6.67. The summed E-state index contributed by atoms with van der Waals surface area (Å²) < 4.78 is 0. The Hall–Kier alpha value is -3.24. The molecule has 0 aliphatic carbocycles. The van der Waals surface area contributed by atoms with Crippen LogP contribution in [-0.4, -0.2) is 27.8 Å². The van der Waals surface area contributed by atoms with Crippen LogP contribution in [0.25, 0.3) is 10.6 Å². The molecule has 0 bridgehead atoms. The minimum absolute atomic E-state index is 0.0377. The normalized spacial score (nSPS) is 10.3. The summed E-state index contributed by atoms with van der Waals surface area (Å²) in [6.07, 6.45) is 1.35. The van der Waals surface area contributed by atoms with Crippen molar-refractivity contribution in [2.24, 2.45) is 0 Å². The average molecular weight is 364 g/mol. The van der Waals surface area contributed by atoms with Crippen molar-refractivity contribution in [3.63, 3.8) is 0 Å². The number of aromatic nitrogens is 2. The Morgan fingerprint density at radius 2 is 2.08 bits per heavy atom. The lowest BCUT2D eigenvalue weighted by molar-refractivity contribution is 0.0782. The van der Waals surface area contributed by atoms with Gasteiger partial charge in [-0.15, -0.1) is 11.3 Å². The van der Waals surface area contributed by atoms with E-state index in [-0.39, 0.29) is 11.5 Å². The van der Waals surface area contributed by atoms with Crippen molar-refractivity contribution in [1.82, 2.24) is 14.9 Å². The number of nitrogens with one attached hydrogen (secondary N) is 1. The van der Waals surface area contributed by atoms with E-state index in [9.17, 15) is 9.59 Å². The van der Waals surface area contributed by atoms with Gasteiger partial charge < -0.3 is 9.88 Å². The molecular formula is C19H16N4O2S. The number of benzene rings is 1. The van der Waals surface area contributed by atoms with Gasteiger partial charge in [-0.2, -0.15) is 5.26 Å². The largest absolute Gasteiger partial charge is 0.336 e. The van der Waals surface area contributed by atoms with Crippen LogP contribution in [0.15, 0.2) is 46.7 Å². The number of carbonyl (C=O) groups excluding carboxylic acids is 1. The summed E-state index contributed by atoms with van der Waals surface area (Å²) >= 11 is 1.52. The van der Waals surface area contributed by atoms with Gasteiger partial charge in [0, 0.05) is 24.2 Å². The van der Waals surface area contributed by atoms with E-state index in [0.717, 1.165) is 16.3 Å². The zero-order valence-electron chi connectivity index (χ0n) is 14.3. The fourth-order valence-corrected chi connectivity index (χ4v) is 3.41. The highest BCUT2D eigenvalue weighted by Crippen LogP contribution is 2.24. The van der Waals surface area contributed by atoms with Gasteiger partial charge in [0.25, 0.3) is 11.5 Å². The summed E-state index contributed by atoms with van der Waals surface area (Å²) in [6, 6.07) is 11.7. The van der Waals surface area contributed by atoms with Crippen LogP contribution in [0.1, 0.15) is 27.2 Å². The van der Waals surface area contributed by atoms with E-state index in [4.69, 9.17) is 5.26 Å². The molecule has 0 saturated carbocycles. The third-order valence-electron chi connectivity index (χ3n) is 4.01. The molecule has 2 heterocycles. The maximum Gasteiger partial charge on any atom is 0.266 e. The van der Waals surface area contributed by atoms with Gasteiger partial charge in [-0.05, 0) is 12.5 Å².